The van der Waals surface area contributed by atoms with Crippen LogP contribution in [-0.2, 0) is 13.0 Å². The highest BCUT2D eigenvalue weighted by molar-refractivity contribution is 7.08. The number of fused-ring (bicyclic) bond motifs is 1. The van der Waals surface area contributed by atoms with Crippen LogP contribution in [0.15, 0.2) is 35.0 Å². The molecule has 19 heavy (non-hydrogen) atoms. The Labute approximate surface area is 119 Å². The summed E-state index contributed by atoms with van der Waals surface area (Å²) < 4.78 is 0. The van der Waals surface area contributed by atoms with E-state index in [1.165, 1.54) is 42.4 Å². The summed E-state index contributed by atoms with van der Waals surface area (Å²) in [7, 11) is 0. The minimum Gasteiger partial charge on any atom is -0.306 e. The van der Waals surface area contributed by atoms with Gasteiger partial charge in [0, 0.05) is 12.6 Å². The van der Waals surface area contributed by atoms with Crippen LogP contribution in [0.3, 0.4) is 0 Å². The number of hydrogen-bond donors (Lipinski definition) is 1. The van der Waals surface area contributed by atoms with Crippen molar-refractivity contribution in [3.63, 3.8) is 0 Å². The molecule has 0 saturated heterocycles. The van der Waals surface area contributed by atoms with Gasteiger partial charge in [0.05, 0.1) is 0 Å². The van der Waals surface area contributed by atoms with Gasteiger partial charge in [-0.2, -0.15) is 11.3 Å². The fourth-order valence-electron chi connectivity index (χ4n) is 2.93. The quantitative estimate of drug-likeness (QED) is 0.804. The van der Waals surface area contributed by atoms with E-state index >= 15 is 0 Å². The van der Waals surface area contributed by atoms with Gasteiger partial charge in [-0.15, -0.1) is 0 Å². The SMILES string of the molecule is Cc1cscc1CNC1CCCCc2ccccc21. The molecule has 0 aliphatic heterocycles. The lowest BCUT2D eigenvalue weighted by molar-refractivity contribution is 0.489. The van der Waals surface area contributed by atoms with Crippen LogP contribution in [-0.4, -0.2) is 0 Å². The van der Waals surface area contributed by atoms with Gasteiger partial charge in [-0.25, -0.2) is 0 Å². The molecule has 1 heterocycles. The third-order valence-electron chi connectivity index (χ3n) is 4.12. The van der Waals surface area contributed by atoms with Crippen molar-refractivity contribution in [3.05, 3.63) is 57.3 Å². The first-order chi connectivity index (χ1) is 9.34. The lowest BCUT2D eigenvalue weighted by Gasteiger charge is -2.19. The van der Waals surface area contributed by atoms with Gasteiger partial charge in [0.15, 0.2) is 0 Å². The van der Waals surface area contributed by atoms with Gasteiger partial charge >= 0.3 is 0 Å². The summed E-state index contributed by atoms with van der Waals surface area (Å²) in [5.41, 5.74) is 5.93. The van der Waals surface area contributed by atoms with Crippen molar-refractivity contribution in [2.75, 3.05) is 0 Å². The van der Waals surface area contributed by atoms with E-state index in [-0.39, 0.29) is 0 Å². The van der Waals surface area contributed by atoms with Crippen LogP contribution >= 0.6 is 11.3 Å². The number of benzene rings is 1. The monoisotopic (exact) mass is 271 g/mol. The van der Waals surface area contributed by atoms with Gasteiger partial charge in [0.1, 0.15) is 0 Å². The van der Waals surface area contributed by atoms with Crippen molar-refractivity contribution < 1.29 is 0 Å². The lowest BCUT2D eigenvalue weighted by Crippen LogP contribution is -2.21. The van der Waals surface area contributed by atoms with Crippen molar-refractivity contribution in [1.82, 2.24) is 5.32 Å². The Kier molecular flexibility index (Phi) is 4.00. The fraction of sp³-hybridized carbons (Fsp3) is 0.412. The van der Waals surface area contributed by atoms with Gasteiger partial charge in [-0.05, 0) is 59.2 Å². The topological polar surface area (TPSA) is 12.0 Å². The van der Waals surface area contributed by atoms with E-state index in [1.807, 2.05) is 0 Å². The number of nitrogens with one attached hydrogen (secondary N) is 1. The maximum Gasteiger partial charge on any atom is 0.0325 e. The van der Waals surface area contributed by atoms with Crippen LogP contribution in [0, 0.1) is 6.92 Å². The first-order valence-corrected chi connectivity index (χ1v) is 8.12. The van der Waals surface area contributed by atoms with E-state index in [1.54, 1.807) is 16.9 Å². The summed E-state index contributed by atoms with van der Waals surface area (Å²) in [6.45, 7) is 3.20. The van der Waals surface area contributed by atoms with E-state index < -0.39 is 0 Å². The van der Waals surface area contributed by atoms with Crippen molar-refractivity contribution in [2.45, 2.75) is 45.2 Å². The maximum atomic E-state index is 3.77. The molecule has 1 unspecified atom stereocenters. The molecule has 1 aliphatic rings. The molecule has 0 radical (unpaired) electrons. The van der Waals surface area contributed by atoms with Gasteiger partial charge in [-0.1, -0.05) is 30.7 Å². The van der Waals surface area contributed by atoms with Crippen molar-refractivity contribution >= 4 is 11.3 Å². The molecule has 1 atom stereocenters. The van der Waals surface area contributed by atoms with E-state index in [2.05, 4.69) is 47.3 Å². The van der Waals surface area contributed by atoms with Gasteiger partial charge in [-0.3, -0.25) is 0 Å². The highest BCUT2D eigenvalue weighted by atomic mass is 32.1. The van der Waals surface area contributed by atoms with Crippen LogP contribution in [0.1, 0.15) is 47.6 Å². The maximum absolute atomic E-state index is 3.77. The highest BCUT2D eigenvalue weighted by Gasteiger charge is 2.17. The largest absolute Gasteiger partial charge is 0.306 e. The second-order valence-electron chi connectivity index (χ2n) is 5.46. The summed E-state index contributed by atoms with van der Waals surface area (Å²) in [4.78, 5) is 0. The Morgan fingerprint density at radius 3 is 2.95 bits per heavy atom. The number of hydrogen-bond acceptors (Lipinski definition) is 2. The van der Waals surface area contributed by atoms with Crippen LogP contribution in [0.2, 0.25) is 0 Å². The molecule has 1 N–H and O–H groups in total. The Morgan fingerprint density at radius 2 is 2.11 bits per heavy atom. The Morgan fingerprint density at radius 1 is 1.21 bits per heavy atom. The third kappa shape index (κ3) is 2.90. The highest BCUT2D eigenvalue weighted by Crippen LogP contribution is 2.29. The zero-order valence-electron chi connectivity index (χ0n) is 11.5. The molecule has 3 rings (SSSR count). The summed E-state index contributed by atoms with van der Waals surface area (Å²) in [5, 5.41) is 8.27. The van der Waals surface area contributed by atoms with E-state index in [9.17, 15) is 0 Å². The molecule has 1 aromatic carbocycles. The van der Waals surface area contributed by atoms with Crippen LogP contribution < -0.4 is 5.32 Å². The predicted octanol–water partition coefficient (Wildman–Crippen LogP) is 4.61. The molecule has 0 amide bonds. The number of thiophene rings is 1. The molecule has 1 aromatic heterocycles. The third-order valence-corrected chi connectivity index (χ3v) is 5.03. The molecular weight excluding hydrogens is 250 g/mol. The molecule has 0 spiro atoms. The van der Waals surface area contributed by atoms with Crippen LogP contribution in [0.5, 0.6) is 0 Å². The number of rotatable bonds is 3. The molecule has 0 bridgehead atoms. The van der Waals surface area contributed by atoms with Crippen molar-refractivity contribution in [1.29, 1.82) is 0 Å². The first-order valence-electron chi connectivity index (χ1n) is 7.17. The van der Waals surface area contributed by atoms with Crippen molar-refractivity contribution in [2.24, 2.45) is 0 Å². The summed E-state index contributed by atoms with van der Waals surface area (Å²) in [6.07, 6.45) is 5.16. The molecule has 0 fully saturated rings. The van der Waals surface area contributed by atoms with Gasteiger partial charge in [0.2, 0.25) is 0 Å². The molecule has 1 nitrogen and oxygen atoms in total. The zero-order valence-corrected chi connectivity index (χ0v) is 12.3. The average Bonchev–Trinajstić information content (AvgIpc) is 2.73. The second-order valence-corrected chi connectivity index (χ2v) is 6.20. The summed E-state index contributed by atoms with van der Waals surface area (Å²) in [6, 6.07) is 9.47. The zero-order chi connectivity index (χ0) is 13.1. The Hall–Kier alpha value is -1.12. The normalized spacial score (nSPS) is 18.9. The fourth-order valence-corrected chi connectivity index (χ4v) is 3.79. The second kappa shape index (κ2) is 5.89. The molecular formula is C17H21NS. The summed E-state index contributed by atoms with van der Waals surface area (Å²) >= 11 is 1.80. The van der Waals surface area contributed by atoms with E-state index in [0.29, 0.717) is 6.04 Å². The minimum atomic E-state index is 0.526. The van der Waals surface area contributed by atoms with Crippen LogP contribution in [0.4, 0.5) is 0 Å². The predicted molar refractivity (Wildman–Crippen MR) is 82.6 cm³/mol. The Bertz CT molecular complexity index is 544. The average molecular weight is 271 g/mol. The molecule has 2 aromatic rings. The molecule has 100 valence electrons. The Balaban J connectivity index is 1.75. The van der Waals surface area contributed by atoms with E-state index in [0.717, 1.165) is 6.54 Å². The number of aryl methyl sites for hydroxylation is 2. The smallest absolute Gasteiger partial charge is 0.0325 e. The first kappa shape index (κ1) is 12.9. The molecule has 1 aliphatic carbocycles. The minimum absolute atomic E-state index is 0.526. The van der Waals surface area contributed by atoms with Crippen molar-refractivity contribution in [3.8, 4) is 0 Å². The van der Waals surface area contributed by atoms with Crippen LogP contribution in [0.25, 0.3) is 0 Å². The molecule has 0 saturated carbocycles. The lowest BCUT2D eigenvalue weighted by atomic mass is 9.99. The van der Waals surface area contributed by atoms with E-state index in [4.69, 9.17) is 0 Å². The summed E-state index contributed by atoms with van der Waals surface area (Å²) in [5.74, 6) is 0. The van der Waals surface area contributed by atoms with Gasteiger partial charge < -0.3 is 5.32 Å². The molecule has 2 heteroatoms. The standard InChI is InChI=1S/C17H21NS/c1-13-11-19-12-15(13)10-18-17-9-5-3-7-14-6-2-4-8-16(14)17/h2,4,6,8,11-12,17-18H,3,5,7,9-10H2,1H3. The van der Waals surface area contributed by atoms with Gasteiger partial charge in [0.25, 0.3) is 0 Å².